The molecule has 5 aromatic carbocycles. The van der Waals surface area contributed by atoms with Gasteiger partial charge in [-0.3, -0.25) is 0 Å². The zero-order valence-corrected chi connectivity index (χ0v) is 24.6. The van der Waals surface area contributed by atoms with Crippen LogP contribution in [0.3, 0.4) is 0 Å². The Hall–Kier alpha value is -3.44. The van der Waals surface area contributed by atoms with Gasteiger partial charge in [0.05, 0.1) is 13.2 Å². The number of benzene rings is 5. The van der Waals surface area contributed by atoms with E-state index < -0.39 is 0 Å². The summed E-state index contributed by atoms with van der Waals surface area (Å²) < 4.78 is 12.2. The Morgan fingerprint density at radius 3 is 0.900 bits per heavy atom. The van der Waals surface area contributed by atoms with Crippen molar-refractivity contribution in [3.8, 4) is 11.5 Å². The Morgan fingerprint density at radius 1 is 0.350 bits per heavy atom. The normalized spacial score (nSPS) is 11.1. The summed E-state index contributed by atoms with van der Waals surface area (Å²) in [5.41, 5.74) is 0. The molecule has 0 aliphatic rings. The Morgan fingerprint density at radius 2 is 0.625 bits per heavy atom. The van der Waals surface area contributed by atoms with Crippen molar-refractivity contribution in [2.45, 2.75) is 12.8 Å². The van der Waals surface area contributed by atoms with Crippen LogP contribution in [0.4, 0.5) is 0 Å². The fourth-order valence-corrected chi connectivity index (χ4v) is 9.35. The van der Waals surface area contributed by atoms with E-state index in [1.54, 1.807) is 0 Å². The Balaban J connectivity index is 1.07. The minimum Gasteiger partial charge on any atom is -0.494 e. The summed E-state index contributed by atoms with van der Waals surface area (Å²) in [6.45, 7) is 1.42. The van der Waals surface area contributed by atoms with Gasteiger partial charge in [0.25, 0.3) is 0 Å². The van der Waals surface area contributed by atoms with Crippen LogP contribution < -0.4 is 30.7 Å². The molecule has 0 saturated heterocycles. The molecule has 40 heavy (non-hydrogen) atoms. The van der Waals surface area contributed by atoms with E-state index in [0.29, 0.717) is 13.2 Å². The van der Waals surface area contributed by atoms with E-state index in [9.17, 15) is 0 Å². The highest BCUT2D eigenvalue weighted by Gasteiger charge is 2.14. The van der Waals surface area contributed by atoms with Crippen LogP contribution in [0.25, 0.3) is 0 Å². The summed E-state index contributed by atoms with van der Waals surface area (Å²) in [6, 6.07) is 51.6. The fourth-order valence-electron chi connectivity index (χ4n) is 4.70. The van der Waals surface area contributed by atoms with Crippen LogP contribution in [-0.4, -0.2) is 25.5 Å². The molecule has 0 fully saturated rings. The van der Waals surface area contributed by atoms with Crippen LogP contribution in [0.1, 0.15) is 12.8 Å². The third kappa shape index (κ3) is 8.28. The maximum Gasteiger partial charge on any atom is 0.119 e. The monoisotopic (exact) mass is 562 g/mol. The van der Waals surface area contributed by atoms with Gasteiger partial charge in [0.1, 0.15) is 11.5 Å². The molecule has 0 unspecified atom stereocenters. The molecule has 0 heterocycles. The molecular formula is C36H36O2P2. The summed E-state index contributed by atoms with van der Waals surface area (Å²) in [6.07, 6.45) is 4.25. The third-order valence-corrected chi connectivity index (χ3v) is 11.9. The zero-order valence-electron chi connectivity index (χ0n) is 22.8. The van der Waals surface area contributed by atoms with Crippen molar-refractivity contribution in [2.24, 2.45) is 0 Å². The first kappa shape index (κ1) is 28.1. The highest BCUT2D eigenvalue weighted by Crippen LogP contribution is 2.35. The third-order valence-electron chi connectivity index (χ3n) is 6.68. The fraction of sp³-hybridized carbons (Fsp3) is 0.167. The molecule has 0 bridgehead atoms. The van der Waals surface area contributed by atoms with E-state index in [-0.39, 0.29) is 15.8 Å². The molecule has 0 spiro atoms. The predicted octanol–water partition coefficient (Wildman–Crippen LogP) is 7.49. The van der Waals surface area contributed by atoms with E-state index in [4.69, 9.17) is 9.47 Å². The van der Waals surface area contributed by atoms with Gasteiger partial charge < -0.3 is 9.47 Å². The van der Waals surface area contributed by atoms with Crippen LogP contribution in [0, 0.1) is 0 Å². The molecule has 0 aliphatic carbocycles. The molecule has 5 aromatic rings. The summed E-state index contributed by atoms with van der Waals surface area (Å²) in [5.74, 6) is 1.79. The first-order valence-electron chi connectivity index (χ1n) is 14.0. The van der Waals surface area contributed by atoms with Gasteiger partial charge in [-0.05, 0) is 86.5 Å². The Kier molecular flexibility index (Phi) is 10.8. The average Bonchev–Trinajstić information content (AvgIpc) is 3.03. The van der Waals surface area contributed by atoms with Crippen LogP contribution in [0.15, 0.2) is 146 Å². The van der Waals surface area contributed by atoms with Gasteiger partial charge >= 0.3 is 0 Å². The highest BCUT2D eigenvalue weighted by molar-refractivity contribution is 7.73. The average molecular weight is 563 g/mol. The largest absolute Gasteiger partial charge is 0.494 e. The highest BCUT2D eigenvalue weighted by atomic mass is 31.1. The minimum atomic E-state index is -0.379. The molecule has 202 valence electrons. The van der Waals surface area contributed by atoms with E-state index in [1.165, 1.54) is 21.2 Å². The second kappa shape index (κ2) is 15.4. The van der Waals surface area contributed by atoms with Gasteiger partial charge in [-0.1, -0.05) is 121 Å². The maximum atomic E-state index is 6.10. The summed E-state index contributed by atoms with van der Waals surface area (Å²) in [5, 5.41) is 5.69. The number of hydrogen-bond donors (Lipinski definition) is 0. The van der Waals surface area contributed by atoms with Crippen molar-refractivity contribution < 1.29 is 9.47 Å². The molecule has 0 amide bonds. The van der Waals surface area contributed by atoms with Crippen LogP contribution in [-0.2, 0) is 0 Å². The standard InChI is InChI=1S/C36H36O2P2/c1-5-15-33(16-6-1)39(34-17-7-2-8-18-34)29-13-27-37-31-23-25-32(26-24-31)38-28-14-30-40(35-19-9-3-10-20-35)36-21-11-4-12-22-36/h1-12,15-26H,13-14,27-30H2. The molecule has 4 heteroatoms. The first-order chi connectivity index (χ1) is 19.9. The van der Waals surface area contributed by atoms with Gasteiger partial charge in [-0.25, -0.2) is 0 Å². The lowest BCUT2D eigenvalue weighted by molar-refractivity contribution is 0.309. The van der Waals surface area contributed by atoms with E-state index >= 15 is 0 Å². The van der Waals surface area contributed by atoms with Crippen molar-refractivity contribution in [2.75, 3.05) is 25.5 Å². The smallest absolute Gasteiger partial charge is 0.119 e. The van der Waals surface area contributed by atoms with Crippen molar-refractivity contribution in [1.29, 1.82) is 0 Å². The van der Waals surface area contributed by atoms with Crippen molar-refractivity contribution in [3.63, 3.8) is 0 Å². The summed E-state index contributed by atoms with van der Waals surface area (Å²) in [7, 11) is -0.758. The second-order valence-corrected chi connectivity index (χ2v) is 14.2. The van der Waals surface area contributed by atoms with E-state index in [0.717, 1.165) is 36.7 Å². The Bertz CT molecular complexity index is 1190. The van der Waals surface area contributed by atoms with Gasteiger partial charge in [0.15, 0.2) is 0 Å². The van der Waals surface area contributed by atoms with Crippen molar-refractivity contribution in [3.05, 3.63) is 146 Å². The summed E-state index contributed by atoms with van der Waals surface area (Å²) >= 11 is 0. The minimum absolute atomic E-state index is 0.379. The topological polar surface area (TPSA) is 18.5 Å². The molecule has 0 aliphatic heterocycles. The van der Waals surface area contributed by atoms with E-state index in [1.807, 2.05) is 24.3 Å². The van der Waals surface area contributed by atoms with Crippen LogP contribution in [0.2, 0.25) is 0 Å². The van der Waals surface area contributed by atoms with Crippen molar-refractivity contribution in [1.82, 2.24) is 0 Å². The van der Waals surface area contributed by atoms with E-state index in [2.05, 4.69) is 121 Å². The molecule has 0 N–H and O–H groups in total. The summed E-state index contributed by atoms with van der Waals surface area (Å²) in [4.78, 5) is 0. The molecule has 0 radical (unpaired) electrons. The van der Waals surface area contributed by atoms with Crippen molar-refractivity contribution >= 4 is 37.1 Å². The lowest BCUT2D eigenvalue weighted by Gasteiger charge is -2.19. The predicted molar refractivity (Wildman–Crippen MR) is 175 cm³/mol. The van der Waals surface area contributed by atoms with Gasteiger partial charge in [-0.2, -0.15) is 0 Å². The lowest BCUT2D eigenvalue weighted by Crippen LogP contribution is -2.15. The maximum absolute atomic E-state index is 6.10. The molecule has 0 atom stereocenters. The quantitative estimate of drug-likeness (QED) is 0.103. The SMILES string of the molecule is c1ccc(P(CCCOc2ccc(OCCCP(c3ccccc3)c3ccccc3)cc2)c2ccccc2)cc1. The second-order valence-electron chi connectivity index (χ2n) is 9.52. The molecular weight excluding hydrogens is 526 g/mol. The number of ether oxygens (including phenoxy) is 2. The number of rotatable bonds is 14. The molecule has 5 rings (SSSR count). The molecule has 0 saturated carbocycles. The van der Waals surface area contributed by atoms with Gasteiger partial charge in [0.2, 0.25) is 0 Å². The van der Waals surface area contributed by atoms with Crippen LogP contribution in [0.5, 0.6) is 11.5 Å². The molecule has 2 nitrogen and oxygen atoms in total. The molecule has 0 aromatic heterocycles. The zero-order chi connectivity index (χ0) is 27.2. The Labute approximate surface area is 241 Å². The van der Waals surface area contributed by atoms with Gasteiger partial charge in [-0.15, -0.1) is 0 Å². The van der Waals surface area contributed by atoms with Crippen LogP contribution >= 0.6 is 15.8 Å². The van der Waals surface area contributed by atoms with Gasteiger partial charge in [0, 0.05) is 0 Å². The first-order valence-corrected chi connectivity index (χ1v) is 17.0. The number of hydrogen-bond acceptors (Lipinski definition) is 2. The lowest BCUT2D eigenvalue weighted by atomic mass is 10.3.